The second-order valence-corrected chi connectivity index (χ2v) is 3.99. The number of likely N-dealkylation sites (N-methyl/N-ethyl adjacent to an activating group) is 1. The van der Waals surface area contributed by atoms with Crippen molar-refractivity contribution in [2.24, 2.45) is 0 Å². The van der Waals surface area contributed by atoms with Crippen LogP contribution in [0.2, 0.25) is 0 Å². The molecule has 86 valence electrons. The lowest BCUT2D eigenvalue weighted by Gasteiger charge is -2.39. The summed E-state index contributed by atoms with van der Waals surface area (Å²) >= 11 is 0. The number of carbonyl (C=O) groups excluding carboxylic acids is 1. The van der Waals surface area contributed by atoms with E-state index in [9.17, 15) is 9.59 Å². The minimum Gasteiger partial charge on any atom is -0.480 e. The number of nitrogens with zero attached hydrogens (tertiary/aromatic N) is 1. The van der Waals surface area contributed by atoms with Crippen LogP contribution in [0.4, 0.5) is 0 Å². The van der Waals surface area contributed by atoms with Crippen molar-refractivity contribution in [3.63, 3.8) is 0 Å². The highest BCUT2D eigenvalue weighted by molar-refractivity contribution is 5.81. The van der Waals surface area contributed by atoms with Crippen LogP contribution in [0, 0.1) is 0 Å². The summed E-state index contributed by atoms with van der Waals surface area (Å²) in [6.07, 6.45) is 0. The van der Waals surface area contributed by atoms with Gasteiger partial charge in [0.1, 0.15) is 13.2 Å². The van der Waals surface area contributed by atoms with Crippen LogP contribution in [-0.2, 0) is 14.3 Å². The molecule has 1 aliphatic heterocycles. The average Bonchev–Trinajstić information content (AvgIpc) is 2.10. The molecule has 0 spiro atoms. The Labute approximate surface area is 88.2 Å². The number of hydrogen-bond acceptors (Lipinski definition) is 4. The molecule has 6 nitrogen and oxygen atoms in total. The van der Waals surface area contributed by atoms with E-state index in [0.717, 1.165) is 18.0 Å². The van der Waals surface area contributed by atoms with E-state index in [1.54, 1.807) is 0 Å². The Kier molecular flexibility index (Phi) is 3.65. The van der Waals surface area contributed by atoms with Crippen molar-refractivity contribution < 1.29 is 19.4 Å². The highest BCUT2D eigenvalue weighted by atomic mass is 16.5. The first kappa shape index (κ1) is 11.9. The number of carboxylic acids is 1. The number of rotatable bonds is 5. The maximum atomic E-state index is 11.4. The van der Waals surface area contributed by atoms with Gasteiger partial charge in [-0.05, 0) is 6.92 Å². The van der Waals surface area contributed by atoms with Crippen molar-refractivity contribution in [3.8, 4) is 0 Å². The standard InChI is InChI=1S/C9H16N2O4/c1-9(5-10-6-9)15-4-7(12)11(2)3-8(13)14/h10H,3-6H2,1-2H3,(H,13,14). The van der Waals surface area contributed by atoms with Gasteiger partial charge in [-0.3, -0.25) is 9.59 Å². The van der Waals surface area contributed by atoms with Crippen LogP contribution >= 0.6 is 0 Å². The van der Waals surface area contributed by atoms with Crippen molar-refractivity contribution in [1.82, 2.24) is 10.2 Å². The first-order valence-electron chi connectivity index (χ1n) is 4.73. The fourth-order valence-corrected chi connectivity index (χ4v) is 1.22. The molecule has 0 unspecified atom stereocenters. The van der Waals surface area contributed by atoms with Gasteiger partial charge in [0.25, 0.3) is 0 Å². The van der Waals surface area contributed by atoms with Crippen LogP contribution in [0.3, 0.4) is 0 Å². The number of carbonyl (C=O) groups is 2. The van der Waals surface area contributed by atoms with E-state index in [1.807, 2.05) is 6.92 Å². The van der Waals surface area contributed by atoms with Crippen molar-refractivity contribution in [3.05, 3.63) is 0 Å². The van der Waals surface area contributed by atoms with Gasteiger partial charge in [0.2, 0.25) is 5.91 Å². The predicted octanol–water partition coefficient (Wildman–Crippen LogP) is -1.09. The van der Waals surface area contributed by atoms with Crippen molar-refractivity contribution in [2.75, 3.05) is 33.3 Å². The summed E-state index contributed by atoms with van der Waals surface area (Å²) in [5, 5.41) is 11.5. The van der Waals surface area contributed by atoms with Crippen LogP contribution in [0.5, 0.6) is 0 Å². The van der Waals surface area contributed by atoms with Crippen LogP contribution in [0.25, 0.3) is 0 Å². The zero-order valence-corrected chi connectivity index (χ0v) is 8.95. The van der Waals surface area contributed by atoms with Gasteiger partial charge < -0.3 is 20.1 Å². The van der Waals surface area contributed by atoms with E-state index < -0.39 is 5.97 Å². The SMILES string of the molecule is CN(CC(=O)O)C(=O)COC1(C)CNC1. The summed E-state index contributed by atoms with van der Waals surface area (Å²) in [4.78, 5) is 22.9. The summed E-state index contributed by atoms with van der Waals surface area (Å²) in [7, 11) is 1.45. The molecule has 0 aromatic carbocycles. The summed E-state index contributed by atoms with van der Waals surface area (Å²) in [5.74, 6) is -1.34. The second kappa shape index (κ2) is 4.59. The highest BCUT2D eigenvalue weighted by Crippen LogP contribution is 2.14. The number of amides is 1. The third-order valence-electron chi connectivity index (χ3n) is 2.34. The molecule has 1 saturated heterocycles. The Morgan fingerprint density at radius 3 is 2.53 bits per heavy atom. The topological polar surface area (TPSA) is 78.9 Å². The summed E-state index contributed by atoms with van der Waals surface area (Å²) < 4.78 is 5.38. The van der Waals surface area contributed by atoms with E-state index in [2.05, 4.69) is 5.32 Å². The molecule has 1 aliphatic rings. The quantitative estimate of drug-likeness (QED) is 0.610. The summed E-state index contributed by atoms with van der Waals surface area (Å²) in [5.41, 5.74) is -0.278. The van der Waals surface area contributed by atoms with Gasteiger partial charge in [-0.1, -0.05) is 0 Å². The Morgan fingerprint density at radius 2 is 2.13 bits per heavy atom. The minimum absolute atomic E-state index is 0.0675. The molecule has 6 heteroatoms. The molecule has 1 amide bonds. The fraction of sp³-hybridized carbons (Fsp3) is 0.778. The Morgan fingerprint density at radius 1 is 1.53 bits per heavy atom. The van der Waals surface area contributed by atoms with Crippen LogP contribution in [0.1, 0.15) is 6.92 Å². The lowest BCUT2D eigenvalue weighted by Crippen LogP contribution is -2.59. The lowest BCUT2D eigenvalue weighted by molar-refractivity contribution is -0.150. The van der Waals surface area contributed by atoms with Gasteiger partial charge in [-0.25, -0.2) is 0 Å². The van der Waals surface area contributed by atoms with Gasteiger partial charge in [0.05, 0.1) is 5.60 Å². The summed E-state index contributed by atoms with van der Waals surface area (Å²) in [6.45, 7) is 3.00. The van der Waals surface area contributed by atoms with E-state index in [0.29, 0.717) is 0 Å². The number of ether oxygens (including phenoxy) is 1. The first-order chi connectivity index (χ1) is 6.93. The fourth-order valence-electron chi connectivity index (χ4n) is 1.22. The number of hydrogen-bond donors (Lipinski definition) is 2. The minimum atomic E-state index is -1.03. The highest BCUT2D eigenvalue weighted by Gasteiger charge is 2.33. The molecule has 0 atom stereocenters. The molecule has 1 rings (SSSR count). The average molecular weight is 216 g/mol. The lowest BCUT2D eigenvalue weighted by atomic mass is 10.0. The van der Waals surface area contributed by atoms with Crippen LogP contribution in [-0.4, -0.2) is 60.8 Å². The van der Waals surface area contributed by atoms with Crippen molar-refractivity contribution >= 4 is 11.9 Å². The van der Waals surface area contributed by atoms with E-state index >= 15 is 0 Å². The van der Waals surface area contributed by atoms with E-state index in [1.165, 1.54) is 7.05 Å². The third kappa shape index (κ3) is 3.49. The molecule has 2 N–H and O–H groups in total. The second-order valence-electron chi connectivity index (χ2n) is 3.99. The molecule has 0 bridgehead atoms. The molecule has 15 heavy (non-hydrogen) atoms. The van der Waals surface area contributed by atoms with Gasteiger partial charge in [0, 0.05) is 20.1 Å². The van der Waals surface area contributed by atoms with Crippen molar-refractivity contribution in [2.45, 2.75) is 12.5 Å². The predicted molar refractivity (Wildman–Crippen MR) is 52.5 cm³/mol. The molecule has 1 heterocycles. The summed E-state index contributed by atoms with van der Waals surface area (Å²) in [6, 6.07) is 0. The zero-order chi connectivity index (χ0) is 11.5. The number of carboxylic acid groups (broad SMARTS) is 1. The number of aliphatic carboxylic acids is 1. The molecule has 0 saturated carbocycles. The van der Waals surface area contributed by atoms with Crippen molar-refractivity contribution in [1.29, 1.82) is 0 Å². The molecule has 0 radical (unpaired) electrons. The Bertz CT molecular complexity index is 263. The normalized spacial score (nSPS) is 18.0. The Hall–Kier alpha value is -1.14. The van der Waals surface area contributed by atoms with E-state index in [4.69, 9.17) is 9.84 Å². The van der Waals surface area contributed by atoms with Gasteiger partial charge in [-0.15, -0.1) is 0 Å². The molecule has 0 aliphatic carbocycles. The van der Waals surface area contributed by atoms with Gasteiger partial charge >= 0.3 is 5.97 Å². The van der Waals surface area contributed by atoms with Crippen LogP contribution in [0.15, 0.2) is 0 Å². The maximum absolute atomic E-state index is 11.4. The van der Waals surface area contributed by atoms with Crippen LogP contribution < -0.4 is 5.32 Å². The molecular formula is C9H16N2O4. The largest absolute Gasteiger partial charge is 0.480 e. The number of nitrogens with one attached hydrogen (secondary N) is 1. The first-order valence-corrected chi connectivity index (χ1v) is 4.73. The smallest absolute Gasteiger partial charge is 0.323 e. The van der Waals surface area contributed by atoms with Gasteiger partial charge in [-0.2, -0.15) is 0 Å². The zero-order valence-electron chi connectivity index (χ0n) is 8.95. The Balaban J connectivity index is 2.25. The van der Waals surface area contributed by atoms with Gasteiger partial charge in [0.15, 0.2) is 0 Å². The maximum Gasteiger partial charge on any atom is 0.323 e. The third-order valence-corrected chi connectivity index (χ3v) is 2.34. The molecular weight excluding hydrogens is 200 g/mol. The monoisotopic (exact) mass is 216 g/mol. The molecule has 0 aromatic heterocycles. The molecule has 1 fully saturated rings. The van der Waals surface area contributed by atoms with E-state index in [-0.39, 0.29) is 24.7 Å². The molecule has 0 aromatic rings.